The van der Waals surface area contributed by atoms with Gasteiger partial charge in [0.2, 0.25) is 5.78 Å². The second kappa shape index (κ2) is 9.41. The van der Waals surface area contributed by atoms with Crippen LogP contribution in [0.4, 0.5) is 0 Å². The lowest BCUT2D eigenvalue weighted by Gasteiger charge is -2.19. The van der Waals surface area contributed by atoms with E-state index in [1.807, 2.05) is 24.3 Å². The van der Waals surface area contributed by atoms with Crippen LogP contribution in [0, 0.1) is 11.3 Å². The smallest absolute Gasteiger partial charge is 0.251 e. The minimum Gasteiger partial charge on any atom is -0.398 e. The van der Waals surface area contributed by atoms with Crippen LogP contribution in [0.1, 0.15) is 48.3 Å². The molecule has 4 rings (SSSR count). The van der Waals surface area contributed by atoms with Crippen LogP contribution < -0.4 is 16.6 Å². The minimum absolute atomic E-state index is 0.128. The Morgan fingerprint density at radius 1 is 1.24 bits per heavy atom. The van der Waals surface area contributed by atoms with Crippen molar-refractivity contribution >= 4 is 11.5 Å². The van der Waals surface area contributed by atoms with Crippen molar-refractivity contribution in [2.45, 2.75) is 44.8 Å². The fraction of sp³-hybridized carbons (Fsp3) is 0.269. The molecule has 0 bridgehead atoms. The maximum atomic E-state index is 12.8. The molecule has 34 heavy (non-hydrogen) atoms. The number of carbonyl (C=O) groups excluding carboxylic acids is 1. The van der Waals surface area contributed by atoms with Crippen molar-refractivity contribution in [3.63, 3.8) is 0 Å². The third-order valence-electron chi connectivity index (χ3n) is 5.72. The van der Waals surface area contributed by atoms with Gasteiger partial charge in [0.1, 0.15) is 11.2 Å². The number of hydrogen-bond donors (Lipinski definition) is 2. The molecule has 1 aliphatic rings. The highest BCUT2D eigenvalue weighted by Crippen LogP contribution is 2.21. The molecule has 0 spiro atoms. The summed E-state index contributed by atoms with van der Waals surface area (Å²) in [7, 11) is 0. The minimum atomic E-state index is -1.03. The summed E-state index contributed by atoms with van der Waals surface area (Å²) in [4.78, 5) is 33.6. The summed E-state index contributed by atoms with van der Waals surface area (Å²) < 4.78 is 1.33. The number of nitriles is 1. The summed E-state index contributed by atoms with van der Waals surface area (Å²) in [5, 5.41) is 12.9. The van der Waals surface area contributed by atoms with Gasteiger partial charge >= 0.3 is 0 Å². The molecule has 8 nitrogen and oxygen atoms in total. The van der Waals surface area contributed by atoms with Gasteiger partial charge in [0.15, 0.2) is 0 Å². The summed E-state index contributed by atoms with van der Waals surface area (Å²) in [6.45, 7) is 4.11. The summed E-state index contributed by atoms with van der Waals surface area (Å²) in [6.07, 6.45) is 8.24. The van der Waals surface area contributed by atoms with Gasteiger partial charge in [-0.05, 0) is 43.9 Å². The van der Waals surface area contributed by atoms with Gasteiger partial charge < -0.3 is 11.1 Å². The van der Waals surface area contributed by atoms with Crippen molar-refractivity contribution < 1.29 is 4.79 Å². The largest absolute Gasteiger partial charge is 0.398 e. The average molecular weight is 455 g/mol. The van der Waals surface area contributed by atoms with Gasteiger partial charge in [-0.3, -0.25) is 19.1 Å². The van der Waals surface area contributed by atoms with Crippen LogP contribution in [0.5, 0.6) is 0 Å². The predicted molar refractivity (Wildman–Crippen MR) is 129 cm³/mol. The zero-order chi connectivity index (χ0) is 24.3. The molecule has 172 valence electrons. The van der Waals surface area contributed by atoms with E-state index in [0.29, 0.717) is 23.0 Å². The Kier molecular flexibility index (Phi) is 6.39. The lowest BCUT2D eigenvalue weighted by molar-refractivity contribution is 0.104. The third-order valence-corrected chi connectivity index (χ3v) is 5.72. The van der Waals surface area contributed by atoms with Crippen molar-refractivity contribution in [3.8, 4) is 17.3 Å². The van der Waals surface area contributed by atoms with E-state index in [1.165, 1.54) is 41.9 Å². The third kappa shape index (κ3) is 5.27. The van der Waals surface area contributed by atoms with Crippen molar-refractivity contribution in [1.29, 1.82) is 5.26 Å². The molecular weight excluding hydrogens is 428 g/mol. The van der Waals surface area contributed by atoms with Crippen LogP contribution >= 0.6 is 0 Å². The highest BCUT2D eigenvalue weighted by Gasteiger charge is 2.21. The summed E-state index contributed by atoms with van der Waals surface area (Å²) in [6, 6.07) is 13.5. The molecule has 1 aromatic carbocycles. The van der Waals surface area contributed by atoms with E-state index in [1.54, 1.807) is 26.1 Å². The molecular formula is C26H26N6O2. The van der Waals surface area contributed by atoms with Crippen LogP contribution in [-0.2, 0) is 12.1 Å². The average Bonchev–Trinajstić information content (AvgIpc) is 3.68. The van der Waals surface area contributed by atoms with E-state index in [-0.39, 0.29) is 17.0 Å². The predicted octanol–water partition coefficient (Wildman–Crippen LogP) is 3.00. The zero-order valence-electron chi connectivity index (χ0n) is 19.2. The Balaban J connectivity index is 1.54. The van der Waals surface area contributed by atoms with Crippen molar-refractivity contribution in [2.75, 3.05) is 0 Å². The van der Waals surface area contributed by atoms with Crippen LogP contribution in [0.2, 0.25) is 0 Å². The molecule has 0 aliphatic heterocycles. The second-order valence-corrected chi connectivity index (χ2v) is 8.90. The van der Waals surface area contributed by atoms with Crippen molar-refractivity contribution in [3.05, 3.63) is 88.2 Å². The molecule has 1 aliphatic carbocycles. The first-order valence-corrected chi connectivity index (χ1v) is 11.1. The number of ketones is 1. The Morgan fingerprint density at radius 3 is 2.65 bits per heavy atom. The van der Waals surface area contributed by atoms with Crippen LogP contribution in [0.15, 0.2) is 65.9 Å². The topological polar surface area (TPSA) is 127 Å². The number of benzene rings is 1. The Bertz CT molecular complexity index is 1340. The molecule has 0 unspecified atom stereocenters. The van der Waals surface area contributed by atoms with E-state index in [0.717, 1.165) is 17.7 Å². The highest BCUT2D eigenvalue weighted by atomic mass is 16.1. The number of pyridine rings is 1. The van der Waals surface area contributed by atoms with Crippen molar-refractivity contribution in [2.24, 2.45) is 5.73 Å². The quantitative estimate of drug-likeness (QED) is 0.396. The maximum Gasteiger partial charge on any atom is 0.251 e. The van der Waals surface area contributed by atoms with E-state index >= 15 is 0 Å². The summed E-state index contributed by atoms with van der Waals surface area (Å²) in [5.41, 5.74) is 8.19. The highest BCUT2D eigenvalue weighted by molar-refractivity contribution is 6.07. The molecule has 0 amide bonds. The monoisotopic (exact) mass is 454 g/mol. The van der Waals surface area contributed by atoms with Crippen LogP contribution in [0.3, 0.4) is 0 Å². The lowest BCUT2D eigenvalue weighted by Crippen LogP contribution is -2.34. The number of rotatable bonds is 8. The molecule has 8 heteroatoms. The van der Waals surface area contributed by atoms with Crippen molar-refractivity contribution in [1.82, 2.24) is 19.9 Å². The standard InChI is InChI=1S/C26H26N6O2/c1-26(2,16-27)32-15-19(7-10-25(32)34)22-13-29-14-23(31-22)24(33)11-21(28)18-5-3-17(4-6-18)12-30-20-8-9-20/h3-7,10-11,13-15,20,30H,8-9,12,28H2,1-2H3. The summed E-state index contributed by atoms with van der Waals surface area (Å²) in [5.74, 6) is -0.378. The normalized spacial score (nSPS) is 14.0. The Hall–Kier alpha value is -4.09. The number of hydrogen-bond acceptors (Lipinski definition) is 7. The van der Waals surface area contributed by atoms with Gasteiger partial charge in [-0.15, -0.1) is 0 Å². The zero-order valence-corrected chi connectivity index (χ0v) is 19.2. The molecule has 3 aromatic rings. The number of carbonyl (C=O) groups is 1. The van der Waals surface area contributed by atoms with E-state index < -0.39 is 5.54 Å². The number of aromatic nitrogens is 3. The number of nitrogens with one attached hydrogen (secondary N) is 1. The molecule has 2 heterocycles. The van der Waals surface area contributed by atoms with E-state index in [2.05, 4.69) is 21.4 Å². The fourth-order valence-electron chi connectivity index (χ4n) is 3.42. The van der Waals surface area contributed by atoms with Crippen LogP contribution in [-0.4, -0.2) is 26.4 Å². The molecule has 0 radical (unpaired) electrons. The molecule has 0 atom stereocenters. The molecule has 0 saturated heterocycles. The first-order chi connectivity index (χ1) is 16.3. The first-order valence-electron chi connectivity index (χ1n) is 11.1. The summed E-state index contributed by atoms with van der Waals surface area (Å²) >= 11 is 0. The van der Waals surface area contributed by atoms with Crippen LogP contribution in [0.25, 0.3) is 17.0 Å². The molecule has 3 N–H and O–H groups in total. The van der Waals surface area contributed by atoms with Gasteiger partial charge in [-0.2, -0.15) is 5.26 Å². The van der Waals surface area contributed by atoms with Gasteiger partial charge in [0.05, 0.1) is 24.2 Å². The Morgan fingerprint density at radius 2 is 1.97 bits per heavy atom. The lowest BCUT2D eigenvalue weighted by atomic mass is 10.1. The molecule has 1 fully saturated rings. The number of nitrogens with zero attached hydrogens (tertiary/aromatic N) is 4. The van der Waals surface area contributed by atoms with Gasteiger partial charge in [0, 0.05) is 42.2 Å². The van der Waals surface area contributed by atoms with Gasteiger partial charge in [-0.25, -0.2) is 4.98 Å². The molecule has 1 saturated carbocycles. The Labute approximate surface area is 197 Å². The first kappa shape index (κ1) is 23.1. The number of allylic oxidation sites excluding steroid dienone is 1. The molecule has 2 aromatic heterocycles. The SMILES string of the molecule is CC(C)(C#N)n1cc(-c2cncc(C(=O)C=C(N)c3ccc(CNC4CC4)cc3)n2)ccc1=O. The van der Waals surface area contributed by atoms with E-state index in [9.17, 15) is 14.9 Å². The number of nitrogens with two attached hydrogens (primary N) is 1. The fourth-order valence-corrected chi connectivity index (χ4v) is 3.42. The second-order valence-electron chi connectivity index (χ2n) is 8.90. The van der Waals surface area contributed by atoms with E-state index in [4.69, 9.17) is 5.73 Å². The maximum absolute atomic E-state index is 12.8. The van der Waals surface area contributed by atoms with Gasteiger partial charge in [-0.1, -0.05) is 24.3 Å². The van der Waals surface area contributed by atoms with Gasteiger partial charge in [0.25, 0.3) is 5.56 Å².